The van der Waals surface area contributed by atoms with E-state index < -0.39 is 40.2 Å². The van der Waals surface area contributed by atoms with Gasteiger partial charge in [0, 0.05) is 23.0 Å². The number of hydrogen-bond acceptors (Lipinski definition) is 7. The van der Waals surface area contributed by atoms with Gasteiger partial charge >= 0.3 is 6.18 Å². The molecule has 1 atom stereocenters. The number of rotatable bonds is 6. The number of alkyl halides is 3. The lowest BCUT2D eigenvalue weighted by Crippen LogP contribution is -2.22. The summed E-state index contributed by atoms with van der Waals surface area (Å²) >= 11 is 6.05. The SMILES string of the molecule is Cc1nc(C(F)(F)F)cn1-c1ccc(-c2cc(F)c(CO)c(S(C)(=O)=O)c2)cc1N1N=NCC1c1ccc(Cl)cc1. The molecule has 41 heavy (non-hydrogen) atoms. The molecule has 0 amide bonds. The van der Waals surface area contributed by atoms with Crippen molar-refractivity contribution in [1.29, 1.82) is 0 Å². The predicted octanol–water partition coefficient (Wildman–Crippen LogP) is 6.48. The van der Waals surface area contributed by atoms with Crippen molar-refractivity contribution in [3.63, 3.8) is 0 Å². The average Bonchev–Trinajstić information content (AvgIpc) is 3.55. The Balaban J connectivity index is 1.72. The minimum absolute atomic E-state index is 0.0585. The molecule has 8 nitrogen and oxygen atoms in total. The average molecular weight is 608 g/mol. The van der Waals surface area contributed by atoms with E-state index >= 15 is 0 Å². The molecule has 0 radical (unpaired) electrons. The zero-order chi connectivity index (χ0) is 29.7. The van der Waals surface area contributed by atoms with Crippen LogP contribution in [0, 0.1) is 12.7 Å². The van der Waals surface area contributed by atoms with Crippen LogP contribution in [-0.4, -0.2) is 35.9 Å². The molecule has 3 aromatic carbocycles. The quantitative estimate of drug-likeness (QED) is 0.253. The minimum atomic E-state index is -4.68. The molecule has 1 aliphatic heterocycles. The van der Waals surface area contributed by atoms with Crippen molar-refractivity contribution in [3.8, 4) is 16.8 Å². The van der Waals surface area contributed by atoms with Crippen molar-refractivity contribution in [3.05, 3.63) is 94.3 Å². The van der Waals surface area contributed by atoms with Gasteiger partial charge in [-0.15, -0.1) is 0 Å². The third-order valence-electron chi connectivity index (χ3n) is 6.66. The number of nitrogens with zero attached hydrogens (tertiary/aromatic N) is 5. The highest BCUT2D eigenvalue weighted by Crippen LogP contribution is 2.40. The highest BCUT2D eigenvalue weighted by Gasteiger charge is 2.35. The molecule has 0 saturated carbocycles. The largest absolute Gasteiger partial charge is 0.434 e. The number of benzene rings is 3. The molecule has 2 heterocycles. The standard InChI is InChI=1S/C27H22ClF4N5O3S/c1-15-34-26(27(30,31)32)13-36(15)22-8-5-17(18-9-21(29)20(14-38)25(11-18)41(2,39)40)10-23(22)37-24(12-33-35-37)16-3-6-19(28)7-4-16/h3-11,13,24,38H,12,14H2,1-2H3. The first kappa shape index (κ1) is 28.7. The van der Waals surface area contributed by atoms with Crippen LogP contribution in [0.3, 0.4) is 0 Å². The summed E-state index contributed by atoms with van der Waals surface area (Å²) in [6.45, 7) is 0.841. The number of aliphatic hydroxyl groups excluding tert-OH is 1. The molecule has 0 spiro atoms. The summed E-state index contributed by atoms with van der Waals surface area (Å²) < 4.78 is 81.5. The maximum atomic E-state index is 15.0. The van der Waals surface area contributed by atoms with Crippen molar-refractivity contribution in [1.82, 2.24) is 9.55 Å². The zero-order valence-corrected chi connectivity index (χ0v) is 23.1. The number of aryl methyl sites for hydroxylation is 1. The smallest absolute Gasteiger partial charge is 0.392 e. The molecule has 0 saturated heterocycles. The third-order valence-corrected chi connectivity index (χ3v) is 8.08. The van der Waals surface area contributed by atoms with Crippen molar-refractivity contribution in [2.45, 2.75) is 30.6 Å². The number of aliphatic hydroxyl groups is 1. The number of aromatic nitrogens is 2. The van der Waals surface area contributed by atoms with E-state index in [-0.39, 0.29) is 34.1 Å². The molecular weight excluding hydrogens is 586 g/mol. The number of halogens is 5. The normalized spacial score (nSPS) is 15.6. The number of imidazole rings is 1. The lowest BCUT2D eigenvalue weighted by atomic mass is 10.0. The summed E-state index contributed by atoms with van der Waals surface area (Å²) in [6, 6.07) is 13.4. The van der Waals surface area contributed by atoms with Gasteiger partial charge in [0.25, 0.3) is 0 Å². The Morgan fingerprint density at radius 3 is 2.37 bits per heavy atom. The fourth-order valence-electron chi connectivity index (χ4n) is 4.67. The summed E-state index contributed by atoms with van der Waals surface area (Å²) in [5.74, 6) is -0.862. The zero-order valence-electron chi connectivity index (χ0n) is 21.6. The Bertz CT molecular complexity index is 1770. The monoisotopic (exact) mass is 607 g/mol. The summed E-state index contributed by atoms with van der Waals surface area (Å²) in [6.07, 6.45) is -2.90. The molecule has 0 fully saturated rings. The van der Waals surface area contributed by atoms with Crippen LogP contribution in [0.25, 0.3) is 16.8 Å². The molecule has 0 bridgehead atoms. The number of sulfone groups is 1. The first-order valence-electron chi connectivity index (χ1n) is 12.1. The van der Waals surface area contributed by atoms with E-state index in [2.05, 4.69) is 15.3 Å². The Hall–Kier alpha value is -3.81. The van der Waals surface area contributed by atoms with Crippen LogP contribution in [0.4, 0.5) is 23.2 Å². The molecular formula is C27H22ClF4N5O3S. The Kier molecular flexibility index (Phi) is 7.38. The molecule has 4 aromatic rings. The third kappa shape index (κ3) is 5.56. The number of anilines is 1. The van der Waals surface area contributed by atoms with Gasteiger partial charge in [-0.25, -0.2) is 22.8 Å². The summed E-state index contributed by atoms with van der Waals surface area (Å²) in [7, 11) is -3.91. The van der Waals surface area contributed by atoms with Gasteiger partial charge in [-0.05, 0) is 60.0 Å². The molecule has 1 aromatic heterocycles. The van der Waals surface area contributed by atoms with Gasteiger partial charge in [-0.1, -0.05) is 35.0 Å². The van der Waals surface area contributed by atoms with Crippen LogP contribution < -0.4 is 5.01 Å². The first-order valence-corrected chi connectivity index (χ1v) is 14.4. The van der Waals surface area contributed by atoms with Crippen LogP contribution in [0.5, 0.6) is 0 Å². The van der Waals surface area contributed by atoms with E-state index in [1.807, 2.05) is 0 Å². The van der Waals surface area contributed by atoms with Crippen LogP contribution in [0.1, 0.15) is 28.7 Å². The van der Waals surface area contributed by atoms with Crippen LogP contribution in [0.2, 0.25) is 5.02 Å². The van der Waals surface area contributed by atoms with Crippen molar-refractivity contribution < 1.29 is 31.1 Å². The molecule has 214 valence electrons. The van der Waals surface area contributed by atoms with Gasteiger partial charge in [0.05, 0.1) is 29.4 Å². The molecule has 0 aliphatic carbocycles. The minimum Gasteiger partial charge on any atom is -0.392 e. The van der Waals surface area contributed by atoms with Gasteiger partial charge in [0.1, 0.15) is 17.7 Å². The van der Waals surface area contributed by atoms with Crippen LogP contribution >= 0.6 is 11.6 Å². The van der Waals surface area contributed by atoms with Gasteiger partial charge in [0.15, 0.2) is 15.5 Å². The predicted molar refractivity (Wildman–Crippen MR) is 144 cm³/mol. The fourth-order valence-corrected chi connectivity index (χ4v) is 5.75. The highest BCUT2D eigenvalue weighted by atomic mass is 35.5. The van der Waals surface area contributed by atoms with E-state index in [1.54, 1.807) is 30.3 Å². The van der Waals surface area contributed by atoms with Crippen molar-refractivity contribution in [2.75, 3.05) is 17.8 Å². The second-order valence-corrected chi connectivity index (χ2v) is 11.9. The van der Waals surface area contributed by atoms with Gasteiger partial charge in [0.2, 0.25) is 0 Å². The van der Waals surface area contributed by atoms with Gasteiger partial charge in [-0.3, -0.25) is 0 Å². The lowest BCUT2D eigenvalue weighted by molar-refractivity contribution is -0.141. The molecule has 1 unspecified atom stereocenters. The summed E-state index contributed by atoms with van der Waals surface area (Å²) in [5.41, 5.74) is 0.454. The van der Waals surface area contributed by atoms with E-state index in [0.717, 1.165) is 24.1 Å². The summed E-state index contributed by atoms with van der Waals surface area (Å²) in [5, 5.41) is 20.0. The Labute approximate surface area is 237 Å². The van der Waals surface area contributed by atoms with Crippen molar-refractivity contribution in [2.24, 2.45) is 10.3 Å². The topological polar surface area (TPSA) is 100 Å². The second kappa shape index (κ2) is 10.5. The van der Waals surface area contributed by atoms with E-state index in [4.69, 9.17) is 11.6 Å². The molecule has 1 N–H and O–H groups in total. The maximum Gasteiger partial charge on any atom is 0.434 e. The lowest BCUT2D eigenvalue weighted by Gasteiger charge is -2.26. The number of hydrogen-bond donors (Lipinski definition) is 1. The Morgan fingerprint density at radius 1 is 1.05 bits per heavy atom. The maximum absolute atomic E-state index is 15.0. The molecule has 1 aliphatic rings. The van der Waals surface area contributed by atoms with Gasteiger partial charge < -0.3 is 9.67 Å². The van der Waals surface area contributed by atoms with Crippen molar-refractivity contribution >= 4 is 27.1 Å². The Morgan fingerprint density at radius 2 is 1.76 bits per heavy atom. The van der Waals surface area contributed by atoms with E-state index in [0.29, 0.717) is 16.3 Å². The second-order valence-electron chi connectivity index (χ2n) is 9.44. The van der Waals surface area contributed by atoms with Crippen LogP contribution in [-0.2, 0) is 22.6 Å². The van der Waals surface area contributed by atoms with Crippen LogP contribution in [0.15, 0.2) is 76.0 Å². The van der Waals surface area contributed by atoms with E-state index in [1.165, 1.54) is 34.7 Å². The summed E-state index contributed by atoms with van der Waals surface area (Å²) in [4.78, 5) is 3.30. The molecule has 14 heteroatoms. The molecule has 5 rings (SSSR count). The van der Waals surface area contributed by atoms with E-state index in [9.17, 15) is 31.1 Å². The van der Waals surface area contributed by atoms with Gasteiger partial charge in [-0.2, -0.15) is 18.3 Å². The highest BCUT2D eigenvalue weighted by molar-refractivity contribution is 7.90. The fraction of sp³-hybridized carbons (Fsp3) is 0.222. The first-order chi connectivity index (χ1) is 19.3.